The molecular formula is C18H20N2O. The maximum absolute atomic E-state index is 12.1. The predicted molar refractivity (Wildman–Crippen MR) is 84.2 cm³/mol. The number of pyridine rings is 1. The zero-order valence-electron chi connectivity index (χ0n) is 12.5. The van der Waals surface area contributed by atoms with Crippen molar-refractivity contribution < 1.29 is 4.79 Å². The molecular weight excluding hydrogens is 260 g/mol. The van der Waals surface area contributed by atoms with Crippen LogP contribution in [0.5, 0.6) is 0 Å². The largest absolute Gasteiger partial charge is 0.352 e. The molecule has 0 spiro atoms. The van der Waals surface area contributed by atoms with Crippen LogP contribution >= 0.6 is 0 Å². The summed E-state index contributed by atoms with van der Waals surface area (Å²) in [6.45, 7) is 4.94. The Morgan fingerprint density at radius 3 is 2.48 bits per heavy atom. The average molecular weight is 280 g/mol. The van der Waals surface area contributed by atoms with Gasteiger partial charge in [0.25, 0.3) is 5.91 Å². The highest BCUT2D eigenvalue weighted by Gasteiger charge is 2.22. The predicted octanol–water partition coefficient (Wildman–Crippen LogP) is 3.51. The fourth-order valence-electron chi connectivity index (χ4n) is 2.52. The molecule has 1 aliphatic rings. The number of aromatic nitrogens is 1. The first-order valence-corrected chi connectivity index (χ1v) is 7.44. The highest BCUT2D eigenvalue weighted by molar-refractivity contribution is 5.95. The molecule has 1 amide bonds. The van der Waals surface area contributed by atoms with Crippen LogP contribution in [-0.4, -0.2) is 17.4 Å². The number of benzene rings is 1. The van der Waals surface area contributed by atoms with Gasteiger partial charge in [-0.05, 0) is 44.2 Å². The summed E-state index contributed by atoms with van der Waals surface area (Å²) in [6, 6.07) is 8.30. The lowest BCUT2D eigenvalue weighted by molar-refractivity contribution is 0.0951. The Morgan fingerprint density at radius 2 is 1.81 bits per heavy atom. The summed E-state index contributed by atoms with van der Waals surface area (Å²) in [5, 5.41) is 2.98. The maximum atomic E-state index is 12.1. The Kier molecular flexibility index (Phi) is 3.74. The third-order valence-electron chi connectivity index (χ3n) is 3.80. The second-order valence-corrected chi connectivity index (χ2v) is 5.99. The van der Waals surface area contributed by atoms with Crippen molar-refractivity contribution >= 4 is 5.91 Å². The van der Waals surface area contributed by atoms with E-state index >= 15 is 0 Å². The van der Waals surface area contributed by atoms with E-state index in [0.29, 0.717) is 11.5 Å². The third kappa shape index (κ3) is 3.48. The van der Waals surface area contributed by atoms with Crippen LogP contribution in [0.3, 0.4) is 0 Å². The Bertz CT molecular complexity index is 654. The molecule has 21 heavy (non-hydrogen) atoms. The van der Waals surface area contributed by atoms with Crippen molar-refractivity contribution in [3.05, 3.63) is 53.3 Å². The van der Waals surface area contributed by atoms with Gasteiger partial charge in [0.15, 0.2) is 0 Å². The molecule has 1 heterocycles. The van der Waals surface area contributed by atoms with E-state index in [9.17, 15) is 4.79 Å². The number of hydrogen-bond donors (Lipinski definition) is 1. The lowest BCUT2D eigenvalue weighted by atomic mass is 10.0. The van der Waals surface area contributed by atoms with Crippen molar-refractivity contribution in [3.63, 3.8) is 0 Å². The number of carbonyl (C=O) groups excluding carboxylic acids is 1. The Balaban J connectivity index is 1.82. The molecule has 1 saturated carbocycles. The molecule has 0 unspecified atom stereocenters. The average Bonchev–Trinajstić information content (AvgIpc) is 3.28. The van der Waals surface area contributed by atoms with Crippen LogP contribution in [0.1, 0.15) is 34.3 Å². The smallest absolute Gasteiger partial charge is 0.252 e. The summed E-state index contributed by atoms with van der Waals surface area (Å²) < 4.78 is 0. The zero-order valence-corrected chi connectivity index (χ0v) is 12.5. The van der Waals surface area contributed by atoms with Crippen molar-refractivity contribution in [2.45, 2.75) is 26.7 Å². The van der Waals surface area contributed by atoms with Crippen LogP contribution < -0.4 is 5.32 Å². The van der Waals surface area contributed by atoms with Gasteiger partial charge in [-0.15, -0.1) is 0 Å². The van der Waals surface area contributed by atoms with Gasteiger partial charge in [0.1, 0.15) is 0 Å². The maximum Gasteiger partial charge on any atom is 0.252 e. The van der Waals surface area contributed by atoms with Crippen LogP contribution in [0.4, 0.5) is 0 Å². The molecule has 0 atom stereocenters. The highest BCUT2D eigenvalue weighted by atomic mass is 16.1. The molecule has 0 radical (unpaired) electrons. The quantitative estimate of drug-likeness (QED) is 0.931. The van der Waals surface area contributed by atoms with Gasteiger partial charge in [-0.1, -0.05) is 29.3 Å². The minimum Gasteiger partial charge on any atom is -0.352 e. The summed E-state index contributed by atoms with van der Waals surface area (Å²) in [5.41, 5.74) is 5.16. The van der Waals surface area contributed by atoms with E-state index in [1.165, 1.54) is 24.0 Å². The van der Waals surface area contributed by atoms with Gasteiger partial charge in [-0.3, -0.25) is 9.78 Å². The lowest BCUT2D eigenvalue weighted by Gasteiger charge is -2.08. The van der Waals surface area contributed by atoms with Crippen molar-refractivity contribution in [2.24, 2.45) is 5.92 Å². The van der Waals surface area contributed by atoms with Crippen LogP contribution in [0.25, 0.3) is 11.1 Å². The van der Waals surface area contributed by atoms with E-state index in [4.69, 9.17) is 0 Å². The van der Waals surface area contributed by atoms with E-state index in [1.807, 2.05) is 12.3 Å². The van der Waals surface area contributed by atoms with Gasteiger partial charge in [-0.25, -0.2) is 0 Å². The van der Waals surface area contributed by atoms with Gasteiger partial charge in [0.2, 0.25) is 0 Å². The van der Waals surface area contributed by atoms with Crippen LogP contribution in [0.15, 0.2) is 36.7 Å². The molecule has 1 aromatic carbocycles. The Labute approximate surface area is 125 Å². The number of amides is 1. The summed E-state index contributed by atoms with van der Waals surface area (Å²) in [4.78, 5) is 16.4. The van der Waals surface area contributed by atoms with Crippen molar-refractivity contribution in [1.29, 1.82) is 0 Å². The van der Waals surface area contributed by atoms with Crippen molar-refractivity contribution in [3.8, 4) is 11.1 Å². The summed E-state index contributed by atoms with van der Waals surface area (Å²) in [5.74, 6) is 0.658. The first kappa shape index (κ1) is 13.8. The van der Waals surface area contributed by atoms with E-state index in [1.54, 1.807) is 6.20 Å². The van der Waals surface area contributed by atoms with Crippen molar-refractivity contribution in [1.82, 2.24) is 10.3 Å². The standard InChI is InChI=1S/C18H20N2O/c1-12-5-13(2)7-15(6-12)16-8-17(11-19-10-16)18(21)20-9-14-3-4-14/h5-8,10-11,14H,3-4,9H2,1-2H3,(H,20,21). The first-order chi connectivity index (χ1) is 10.1. The van der Waals surface area contributed by atoms with Crippen LogP contribution in [0.2, 0.25) is 0 Å². The molecule has 0 aliphatic heterocycles. The summed E-state index contributed by atoms with van der Waals surface area (Å²) >= 11 is 0. The highest BCUT2D eigenvalue weighted by Crippen LogP contribution is 2.27. The Morgan fingerprint density at radius 1 is 1.10 bits per heavy atom. The van der Waals surface area contributed by atoms with Gasteiger partial charge < -0.3 is 5.32 Å². The lowest BCUT2D eigenvalue weighted by Crippen LogP contribution is -2.25. The second-order valence-electron chi connectivity index (χ2n) is 5.99. The molecule has 1 fully saturated rings. The fraction of sp³-hybridized carbons (Fsp3) is 0.333. The zero-order chi connectivity index (χ0) is 14.8. The molecule has 1 N–H and O–H groups in total. The molecule has 2 aromatic rings. The molecule has 0 bridgehead atoms. The van der Waals surface area contributed by atoms with Gasteiger partial charge in [0.05, 0.1) is 5.56 Å². The number of nitrogens with one attached hydrogen (secondary N) is 1. The molecule has 1 aliphatic carbocycles. The molecule has 1 aromatic heterocycles. The fourth-order valence-corrected chi connectivity index (χ4v) is 2.52. The van der Waals surface area contributed by atoms with Gasteiger partial charge in [-0.2, -0.15) is 0 Å². The monoisotopic (exact) mass is 280 g/mol. The van der Waals surface area contributed by atoms with Crippen molar-refractivity contribution in [2.75, 3.05) is 6.54 Å². The minimum absolute atomic E-state index is 0.0272. The number of aryl methyl sites for hydroxylation is 2. The van der Waals surface area contributed by atoms with Gasteiger partial charge in [0, 0.05) is 24.5 Å². The molecule has 108 valence electrons. The topological polar surface area (TPSA) is 42.0 Å². The third-order valence-corrected chi connectivity index (χ3v) is 3.80. The van der Waals surface area contributed by atoms with E-state index in [0.717, 1.165) is 17.7 Å². The second kappa shape index (κ2) is 5.68. The SMILES string of the molecule is Cc1cc(C)cc(-c2cncc(C(=O)NCC3CC3)c2)c1. The number of nitrogens with zero attached hydrogens (tertiary/aromatic N) is 1. The van der Waals surface area contributed by atoms with E-state index in [-0.39, 0.29) is 5.91 Å². The minimum atomic E-state index is -0.0272. The van der Waals surface area contributed by atoms with E-state index < -0.39 is 0 Å². The van der Waals surface area contributed by atoms with Gasteiger partial charge >= 0.3 is 0 Å². The normalized spacial score (nSPS) is 14.0. The molecule has 0 saturated heterocycles. The first-order valence-electron chi connectivity index (χ1n) is 7.44. The molecule has 3 nitrogen and oxygen atoms in total. The van der Waals surface area contributed by atoms with E-state index in [2.05, 4.69) is 42.3 Å². The molecule has 3 heteroatoms. The van der Waals surface area contributed by atoms with Crippen LogP contribution in [-0.2, 0) is 0 Å². The summed E-state index contributed by atoms with van der Waals surface area (Å²) in [6.07, 6.45) is 5.92. The molecule has 3 rings (SSSR count). The number of carbonyl (C=O) groups is 1. The Hall–Kier alpha value is -2.16. The number of hydrogen-bond acceptors (Lipinski definition) is 2. The number of rotatable bonds is 4. The summed E-state index contributed by atoms with van der Waals surface area (Å²) in [7, 11) is 0. The van der Waals surface area contributed by atoms with Crippen LogP contribution in [0, 0.1) is 19.8 Å².